The Morgan fingerprint density at radius 2 is 2.06 bits per heavy atom. The SMILES string of the molecule is CC(=O)c1cn(-c2cccc(C(F)(F)F)c2)nn1. The fourth-order valence-corrected chi connectivity index (χ4v) is 1.38. The highest BCUT2D eigenvalue weighted by Gasteiger charge is 2.30. The Hall–Kier alpha value is -2.18. The van der Waals surface area contributed by atoms with Gasteiger partial charge in [0.05, 0.1) is 17.4 Å². The van der Waals surface area contributed by atoms with Crippen LogP contribution in [-0.2, 0) is 6.18 Å². The average Bonchev–Trinajstić information content (AvgIpc) is 2.77. The molecule has 1 heterocycles. The molecule has 0 N–H and O–H groups in total. The first-order valence-electron chi connectivity index (χ1n) is 4.99. The molecule has 0 saturated carbocycles. The molecule has 1 aromatic heterocycles. The van der Waals surface area contributed by atoms with Crippen molar-refractivity contribution in [3.63, 3.8) is 0 Å². The Morgan fingerprint density at radius 1 is 1.33 bits per heavy atom. The fourth-order valence-electron chi connectivity index (χ4n) is 1.38. The van der Waals surface area contributed by atoms with Crippen molar-refractivity contribution < 1.29 is 18.0 Å². The van der Waals surface area contributed by atoms with Crippen molar-refractivity contribution in [2.45, 2.75) is 13.1 Å². The highest BCUT2D eigenvalue weighted by Crippen LogP contribution is 2.30. The number of nitrogens with zero attached hydrogens (tertiary/aromatic N) is 3. The fraction of sp³-hybridized carbons (Fsp3) is 0.182. The smallest absolute Gasteiger partial charge is 0.293 e. The summed E-state index contributed by atoms with van der Waals surface area (Å²) >= 11 is 0. The van der Waals surface area contributed by atoms with Gasteiger partial charge in [-0.05, 0) is 18.2 Å². The van der Waals surface area contributed by atoms with E-state index in [4.69, 9.17) is 0 Å². The molecule has 0 spiro atoms. The zero-order chi connectivity index (χ0) is 13.3. The molecule has 0 bridgehead atoms. The number of Topliss-reactive ketones (excluding diaryl/α,β-unsaturated/α-hetero) is 1. The minimum absolute atomic E-state index is 0.104. The lowest BCUT2D eigenvalue weighted by Crippen LogP contribution is -2.06. The third kappa shape index (κ3) is 2.39. The highest BCUT2D eigenvalue weighted by molar-refractivity contribution is 5.91. The van der Waals surface area contributed by atoms with E-state index < -0.39 is 11.7 Å². The number of rotatable bonds is 2. The number of halogens is 3. The molecule has 0 unspecified atom stereocenters. The second kappa shape index (κ2) is 4.25. The zero-order valence-electron chi connectivity index (χ0n) is 9.27. The summed E-state index contributed by atoms with van der Waals surface area (Å²) in [6, 6.07) is 4.63. The third-order valence-electron chi connectivity index (χ3n) is 2.29. The van der Waals surface area contributed by atoms with Crippen molar-refractivity contribution in [3.05, 3.63) is 41.7 Å². The number of ketones is 1. The number of carbonyl (C=O) groups is 1. The van der Waals surface area contributed by atoms with Gasteiger partial charge in [-0.2, -0.15) is 13.2 Å². The Balaban J connectivity index is 2.41. The number of hydrogen-bond acceptors (Lipinski definition) is 3. The Kier molecular flexibility index (Phi) is 2.90. The summed E-state index contributed by atoms with van der Waals surface area (Å²) in [5.41, 5.74) is -0.475. The molecule has 94 valence electrons. The zero-order valence-corrected chi connectivity index (χ0v) is 9.27. The summed E-state index contributed by atoms with van der Waals surface area (Å²) in [7, 11) is 0. The van der Waals surface area contributed by atoms with Gasteiger partial charge in [-0.1, -0.05) is 11.3 Å². The van der Waals surface area contributed by atoms with Crippen molar-refractivity contribution in [1.29, 1.82) is 0 Å². The van der Waals surface area contributed by atoms with Gasteiger partial charge >= 0.3 is 6.18 Å². The normalized spacial score (nSPS) is 11.6. The first kappa shape index (κ1) is 12.3. The van der Waals surface area contributed by atoms with Crippen LogP contribution in [0.3, 0.4) is 0 Å². The van der Waals surface area contributed by atoms with Crippen molar-refractivity contribution >= 4 is 5.78 Å². The van der Waals surface area contributed by atoms with E-state index in [1.807, 2.05) is 0 Å². The number of carbonyl (C=O) groups excluding carboxylic acids is 1. The van der Waals surface area contributed by atoms with Gasteiger partial charge in [0.25, 0.3) is 0 Å². The molecule has 0 radical (unpaired) electrons. The number of alkyl halides is 3. The van der Waals surface area contributed by atoms with Crippen LogP contribution in [-0.4, -0.2) is 20.8 Å². The lowest BCUT2D eigenvalue weighted by molar-refractivity contribution is -0.137. The van der Waals surface area contributed by atoms with E-state index in [1.54, 1.807) is 0 Å². The summed E-state index contributed by atoms with van der Waals surface area (Å²) in [5, 5.41) is 7.18. The topological polar surface area (TPSA) is 47.8 Å². The van der Waals surface area contributed by atoms with Crippen molar-refractivity contribution in [1.82, 2.24) is 15.0 Å². The van der Waals surface area contributed by atoms with E-state index in [9.17, 15) is 18.0 Å². The van der Waals surface area contributed by atoms with E-state index in [0.29, 0.717) is 0 Å². The van der Waals surface area contributed by atoms with Crippen LogP contribution in [0.5, 0.6) is 0 Å². The maximum atomic E-state index is 12.5. The number of aromatic nitrogens is 3. The lowest BCUT2D eigenvalue weighted by atomic mass is 10.2. The summed E-state index contributed by atoms with van der Waals surface area (Å²) in [5.74, 6) is -0.298. The Morgan fingerprint density at radius 3 is 2.61 bits per heavy atom. The summed E-state index contributed by atoms with van der Waals surface area (Å²) in [4.78, 5) is 11.0. The molecule has 0 amide bonds. The molecule has 4 nitrogen and oxygen atoms in total. The van der Waals surface area contributed by atoms with Gasteiger partial charge in [0, 0.05) is 6.92 Å². The van der Waals surface area contributed by atoms with Crippen LogP contribution in [0.4, 0.5) is 13.2 Å². The summed E-state index contributed by atoms with van der Waals surface area (Å²) in [6.45, 7) is 1.31. The summed E-state index contributed by atoms with van der Waals surface area (Å²) in [6.07, 6.45) is -3.13. The van der Waals surface area contributed by atoms with E-state index >= 15 is 0 Å². The molecule has 0 saturated heterocycles. The minimum Gasteiger partial charge on any atom is -0.293 e. The molecule has 18 heavy (non-hydrogen) atoms. The molecule has 0 aliphatic carbocycles. The molecule has 1 aromatic carbocycles. The van der Waals surface area contributed by atoms with E-state index in [2.05, 4.69) is 10.3 Å². The van der Waals surface area contributed by atoms with E-state index in [-0.39, 0.29) is 17.2 Å². The van der Waals surface area contributed by atoms with E-state index in [0.717, 1.165) is 16.8 Å². The van der Waals surface area contributed by atoms with Crippen LogP contribution in [0.2, 0.25) is 0 Å². The molecular weight excluding hydrogens is 247 g/mol. The van der Waals surface area contributed by atoms with Gasteiger partial charge in [0.15, 0.2) is 5.78 Å². The Labute approximate surface area is 100 Å². The van der Waals surface area contributed by atoms with Gasteiger partial charge in [0.2, 0.25) is 0 Å². The van der Waals surface area contributed by atoms with Crippen LogP contribution in [0.1, 0.15) is 23.0 Å². The first-order chi connectivity index (χ1) is 8.38. The van der Waals surface area contributed by atoms with Gasteiger partial charge < -0.3 is 0 Å². The molecule has 0 fully saturated rings. The van der Waals surface area contributed by atoms with Gasteiger partial charge in [0.1, 0.15) is 5.69 Å². The van der Waals surface area contributed by atoms with Gasteiger partial charge in [-0.25, -0.2) is 4.68 Å². The van der Waals surface area contributed by atoms with Crippen LogP contribution < -0.4 is 0 Å². The summed E-state index contributed by atoms with van der Waals surface area (Å²) < 4.78 is 38.7. The Bertz CT molecular complexity index is 589. The number of benzene rings is 1. The molecule has 0 atom stereocenters. The standard InChI is InChI=1S/C11H8F3N3O/c1-7(18)10-6-17(16-15-10)9-4-2-3-8(5-9)11(12,13)14/h2-6H,1H3. The predicted molar refractivity (Wildman–Crippen MR) is 56.4 cm³/mol. The maximum absolute atomic E-state index is 12.5. The first-order valence-corrected chi connectivity index (χ1v) is 4.99. The quantitative estimate of drug-likeness (QED) is 0.774. The van der Waals surface area contributed by atoms with Crippen molar-refractivity contribution in [2.75, 3.05) is 0 Å². The molecule has 2 aromatic rings. The van der Waals surface area contributed by atoms with Crippen molar-refractivity contribution in [3.8, 4) is 5.69 Å². The monoisotopic (exact) mass is 255 g/mol. The van der Waals surface area contributed by atoms with Crippen molar-refractivity contribution in [2.24, 2.45) is 0 Å². The lowest BCUT2D eigenvalue weighted by Gasteiger charge is -2.07. The molecule has 0 aliphatic heterocycles. The van der Waals surface area contributed by atoms with Crippen LogP contribution in [0.25, 0.3) is 5.69 Å². The third-order valence-corrected chi connectivity index (χ3v) is 2.29. The molecule has 0 aliphatic rings. The van der Waals surface area contributed by atoms with E-state index in [1.165, 1.54) is 25.3 Å². The van der Waals surface area contributed by atoms with Crippen LogP contribution >= 0.6 is 0 Å². The molecule has 7 heteroatoms. The predicted octanol–water partition coefficient (Wildman–Crippen LogP) is 2.49. The van der Waals surface area contributed by atoms with Gasteiger partial charge in [-0.3, -0.25) is 4.79 Å². The minimum atomic E-state index is -4.42. The second-order valence-corrected chi connectivity index (χ2v) is 3.65. The molecule has 2 rings (SSSR count). The maximum Gasteiger partial charge on any atom is 0.416 e. The second-order valence-electron chi connectivity index (χ2n) is 3.65. The van der Waals surface area contributed by atoms with Crippen LogP contribution in [0, 0.1) is 0 Å². The largest absolute Gasteiger partial charge is 0.416 e. The average molecular weight is 255 g/mol. The van der Waals surface area contributed by atoms with Gasteiger partial charge in [-0.15, -0.1) is 5.10 Å². The molecular formula is C11H8F3N3O. The highest BCUT2D eigenvalue weighted by atomic mass is 19.4. The van der Waals surface area contributed by atoms with Crippen LogP contribution in [0.15, 0.2) is 30.5 Å². The number of hydrogen-bond donors (Lipinski definition) is 0.